The minimum absolute atomic E-state index is 0.105. The van der Waals surface area contributed by atoms with Gasteiger partial charge >= 0.3 is 0 Å². The first-order valence-electron chi connectivity index (χ1n) is 6.63. The van der Waals surface area contributed by atoms with Crippen LogP contribution in [0, 0.1) is 6.92 Å². The van der Waals surface area contributed by atoms with Crippen LogP contribution in [-0.2, 0) is 14.4 Å². The molecule has 0 bridgehead atoms. The minimum Gasteiger partial charge on any atom is -0.346 e. The Balaban J connectivity index is 2.69. The van der Waals surface area contributed by atoms with E-state index in [1.807, 2.05) is 6.92 Å². The smallest absolute Gasteiger partial charge is 0.243 e. The number of amides is 3. The van der Waals surface area contributed by atoms with Gasteiger partial charge in [-0.3, -0.25) is 14.4 Å². The Hall–Kier alpha value is -2.41. The molecule has 21 heavy (non-hydrogen) atoms. The van der Waals surface area contributed by atoms with Crippen molar-refractivity contribution in [3.05, 3.63) is 23.8 Å². The fraction of sp³-hybridized carbons (Fsp3) is 0.357. The number of hydrogen-bond acceptors (Lipinski definition) is 4. The number of benzene rings is 1. The van der Waals surface area contributed by atoms with Crippen molar-refractivity contribution >= 4 is 29.1 Å². The summed E-state index contributed by atoms with van der Waals surface area (Å²) >= 11 is 0. The Morgan fingerprint density at radius 1 is 1.10 bits per heavy atom. The molecule has 1 rings (SSSR count). The number of nitrogens with one attached hydrogen (secondary N) is 3. The molecule has 0 saturated heterocycles. The standard InChI is InChI=1S/C14H20N4O3/c1-3-12(19)17-10-5-4-9(2)11(6-10)18-14(21)8-16-13(20)7-15/h4-6H,3,7-8,15H2,1-2H3,(H,16,20)(H,17,19)(H,18,21). The number of carbonyl (C=O) groups is 3. The molecule has 1 aromatic rings. The van der Waals surface area contributed by atoms with Crippen molar-refractivity contribution in [2.75, 3.05) is 23.7 Å². The fourth-order valence-corrected chi connectivity index (χ4v) is 1.53. The molecule has 0 spiro atoms. The summed E-state index contributed by atoms with van der Waals surface area (Å²) < 4.78 is 0. The van der Waals surface area contributed by atoms with Gasteiger partial charge in [-0.2, -0.15) is 0 Å². The molecular formula is C14H20N4O3. The number of carbonyl (C=O) groups excluding carboxylic acids is 3. The monoisotopic (exact) mass is 292 g/mol. The van der Waals surface area contributed by atoms with E-state index in [0.717, 1.165) is 5.56 Å². The van der Waals surface area contributed by atoms with Gasteiger partial charge in [0.15, 0.2) is 0 Å². The molecule has 0 aliphatic rings. The highest BCUT2D eigenvalue weighted by atomic mass is 16.2. The molecular weight excluding hydrogens is 272 g/mol. The minimum atomic E-state index is -0.397. The van der Waals surface area contributed by atoms with Crippen LogP contribution in [0.5, 0.6) is 0 Å². The number of hydrogen-bond donors (Lipinski definition) is 4. The van der Waals surface area contributed by atoms with Gasteiger partial charge in [-0.15, -0.1) is 0 Å². The molecule has 0 aliphatic carbocycles. The van der Waals surface area contributed by atoms with Crippen LogP contribution in [0.25, 0.3) is 0 Å². The highest BCUT2D eigenvalue weighted by Crippen LogP contribution is 2.20. The van der Waals surface area contributed by atoms with Crippen LogP contribution in [0.15, 0.2) is 18.2 Å². The molecule has 0 atom stereocenters. The lowest BCUT2D eigenvalue weighted by Gasteiger charge is -2.11. The normalized spacial score (nSPS) is 9.86. The summed E-state index contributed by atoms with van der Waals surface area (Å²) in [5.74, 6) is -0.865. The number of rotatable bonds is 6. The molecule has 0 unspecified atom stereocenters. The maximum absolute atomic E-state index is 11.7. The second kappa shape index (κ2) is 8.01. The van der Waals surface area contributed by atoms with Gasteiger partial charge < -0.3 is 21.7 Å². The Labute approximate surface area is 123 Å². The van der Waals surface area contributed by atoms with Crippen LogP contribution < -0.4 is 21.7 Å². The summed E-state index contributed by atoms with van der Waals surface area (Å²) in [4.78, 5) is 34.1. The van der Waals surface area contributed by atoms with Crippen molar-refractivity contribution in [3.8, 4) is 0 Å². The lowest BCUT2D eigenvalue weighted by atomic mass is 10.1. The van der Waals surface area contributed by atoms with Crippen LogP contribution in [0.2, 0.25) is 0 Å². The largest absolute Gasteiger partial charge is 0.346 e. The molecule has 0 aromatic heterocycles. The lowest BCUT2D eigenvalue weighted by molar-refractivity contribution is -0.123. The van der Waals surface area contributed by atoms with Crippen LogP contribution in [0.1, 0.15) is 18.9 Å². The molecule has 0 aliphatic heterocycles. The highest BCUT2D eigenvalue weighted by Gasteiger charge is 2.08. The fourth-order valence-electron chi connectivity index (χ4n) is 1.53. The molecule has 0 radical (unpaired) electrons. The maximum atomic E-state index is 11.7. The third-order valence-corrected chi connectivity index (χ3v) is 2.75. The van der Waals surface area contributed by atoms with Crippen molar-refractivity contribution in [2.45, 2.75) is 20.3 Å². The van der Waals surface area contributed by atoms with Gasteiger partial charge in [-0.25, -0.2) is 0 Å². The first-order valence-corrected chi connectivity index (χ1v) is 6.63. The SMILES string of the molecule is CCC(=O)Nc1ccc(C)c(NC(=O)CNC(=O)CN)c1. The van der Waals surface area contributed by atoms with E-state index < -0.39 is 5.91 Å². The van der Waals surface area contributed by atoms with E-state index in [4.69, 9.17) is 5.73 Å². The molecule has 0 fully saturated rings. The Kier molecular flexibility index (Phi) is 6.35. The van der Waals surface area contributed by atoms with E-state index in [9.17, 15) is 14.4 Å². The molecule has 0 heterocycles. The molecule has 114 valence electrons. The van der Waals surface area contributed by atoms with Gasteiger partial charge in [0.25, 0.3) is 0 Å². The summed E-state index contributed by atoms with van der Waals surface area (Å²) in [5.41, 5.74) is 7.17. The number of anilines is 2. The van der Waals surface area contributed by atoms with Crippen LogP contribution >= 0.6 is 0 Å². The van der Waals surface area contributed by atoms with E-state index in [2.05, 4.69) is 16.0 Å². The highest BCUT2D eigenvalue weighted by molar-refractivity contribution is 5.97. The van der Waals surface area contributed by atoms with E-state index in [1.54, 1.807) is 25.1 Å². The lowest BCUT2D eigenvalue weighted by Crippen LogP contribution is -2.36. The van der Waals surface area contributed by atoms with Crippen molar-refractivity contribution in [1.29, 1.82) is 0 Å². The zero-order valence-corrected chi connectivity index (χ0v) is 12.2. The zero-order chi connectivity index (χ0) is 15.8. The maximum Gasteiger partial charge on any atom is 0.243 e. The topological polar surface area (TPSA) is 113 Å². The summed E-state index contributed by atoms with van der Waals surface area (Å²) in [5, 5.41) is 7.77. The summed E-state index contributed by atoms with van der Waals surface area (Å²) in [6, 6.07) is 5.22. The number of aryl methyl sites for hydroxylation is 1. The number of nitrogens with two attached hydrogens (primary N) is 1. The Morgan fingerprint density at radius 2 is 1.81 bits per heavy atom. The predicted molar refractivity (Wildman–Crippen MR) is 80.8 cm³/mol. The van der Waals surface area contributed by atoms with Crippen LogP contribution in [-0.4, -0.2) is 30.8 Å². The zero-order valence-electron chi connectivity index (χ0n) is 12.2. The van der Waals surface area contributed by atoms with Crippen molar-refractivity contribution < 1.29 is 14.4 Å². The van der Waals surface area contributed by atoms with Crippen molar-refractivity contribution in [3.63, 3.8) is 0 Å². The third kappa shape index (κ3) is 5.62. The summed E-state index contributed by atoms with van der Waals surface area (Å²) in [7, 11) is 0. The van der Waals surface area contributed by atoms with Gasteiger partial charge in [-0.1, -0.05) is 13.0 Å². The molecule has 5 N–H and O–H groups in total. The van der Waals surface area contributed by atoms with Gasteiger partial charge in [-0.05, 0) is 24.6 Å². The summed E-state index contributed by atoms with van der Waals surface area (Å²) in [6.07, 6.45) is 0.376. The van der Waals surface area contributed by atoms with E-state index >= 15 is 0 Å². The van der Waals surface area contributed by atoms with Gasteiger partial charge in [0.2, 0.25) is 17.7 Å². The van der Waals surface area contributed by atoms with Gasteiger partial charge in [0, 0.05) is 17.8 Å². The second-order valence-corrected chi connectivity index (χ2v) is 4.46. The predicted octanol–water partition coefficient (Wildman–Crippen LogP) is 0.357. The van der Waals surface area contributed by atoms with E-state index in [1.165, 1.54) is 0 Å². The average molecular weight is 292 g/mol. The molecule has 7 nitrogen and oxygen atoms in total. The van der Waals surface area contributed by atoms with Gasteiger partial charge in [0.1, 0.15) is 0 Å². The van der Waals surface area contributed by atoms with E-state index in [0.29, 0.717) is 17.8 Å². The average Bonchev–Trinajstić information content (AvgIpc) is 2.47. The first-order chi connectivity index (χ1) is 9.96. The van der Waals surface area contributed by atoms with Crippen molar-refractivity contribution in [1.82, 2.24) is 5.32 Å². The van der Waals surface area contributed by atoms with Gasteiger partial charge in [0.05, 0.1) is 13.1 Å². The molecule has 0 saturated carbocycles. The van der Waals surface area contributed by atoms with Crippen molar-refractivity contribution in [2.24, 2.45) is 5.73 Å². The quantitative estimate of drug-likeness (QED) is 0.606. The summed E-state index contributed by atoms with van der Waals surface area (Å²) in [6.45, 7) is 3.28. The molecule has 7 heteroatoms. The van der Waals surface area contributed by atoms with Crippen LogP contribution in [0.4, 0.5) is 11.4 Å². The first kappa shape index (κ1) is 16.6. The Morgan fingerprint density at radius 3 is 2.43 bits per heavy atom. The molecule has 3 amide bonds. The third-order valence-electron chi connectivity index (χ3n) is 2.75. The Bertz CT molecular complexity index is 543. The van der Waals surface area contributed by atoms with Crippen LogP contribution in [0.3, 0.4) is 0 Å². The van der Waals surface area contributed by atoms with E-state index in [-0.39, 0.29) is 24.9 Å². The molecule has 1 aromatic carbocycles. The second-order valence-electron chi connectivity index (χ2n) is 4.46.